The number of benzene rings is 2. The molecule has 0 saturated carbocycles. The third-order valence-corrected chi connectivity index (χ3v) is 7.93. The number of fused-ring (bicyclic) bond motifs is 1. The first kappa shape index (κ1) is 27.6. The molecular formula is C27H35N5O5S. The second-order valence-electron chi connectivity index (χ2n) is 10.00. The normalized spacial score (nSPS) is 18.9. The van der Waals surface area contributed by atoms with Gasteiger partial charge in [-0.2, -0.15) is 8.42 Å². The van der Waals surface area contributed by atoms with E-state index in [1.807, 2.05) is 32.2 Å². The molecule has 0 saturated heterocycles. The molecule has 0 fully saturated rings. The number of imidazole rings is 1. The smallest absolute Gasteiger partial charge is 0.280 e. The van der Waals surface area contributed by atoms with Crippen LogP contribution in [0, 0.1) is 5.92 Å². The van der Waals surface area contributed by atoms with E-state index in [0.717, 1.165) is 6.54 Å². The number of nitrogens with one attached hydrogen (secondary N) is 1. The summed E-state index contributed by atoms with van der Waals surface area (Å²) in [6.07, 6.45) is 2.55. The molecule has 10 nitrogen and oxygen atoms in total. The molecule has 0 aliphatic carbocycles. The van der Waals surface area contributed by atoms with Gasteiger partial charge in [0, 0.05) is 44.5 Å². The fourth-order valence-electron chi connectivity index (χ4n) is 4.51. The molecule has 0 unspecified atom stereocenters. The fraction of sp³-hybridized carbons (Fsp3) is 0.407. The molecule has 0 radical (unpaired) electrons. The monoisotopic (exact) mass is 541 g/mol. The zero-order chi connectivity index (χ0) is 27.4. The van der Waals surface area contributed by atoms with Gasteiger partial charge in [0.25, 0.3) is 15.9 Å². The van der Waals surface area contributed by atoms with E-state index in [0.29, 0.717) is 18.8 Å². The number of ether oxygens (including phenoxy) is 1. The van der Waals surface area contributed by atoms with Crippen molar-refractivity contribution in [2.75, 3.05) is 31.5 Å². The summed E-state index contributed by atoms with van der Waals surface area (Å²) in [7, 11) is -0.242. The molecule has 1 aliphatic heterocycles. The van der Waals surface area contributed by atoms with Crippen molar-refractivity contribution in [3.05, 3.63) is 72.2 Å². The van der Waals surface area contributed by atoms with Crippen molar-refractivity contribution in [2.45, 2.75) is 37.6 Å². The van der Waals surface area contributed by atoms with Gasteiger partial charge < -0.3 is 19.3 Å². The summed E-state index contributed by atoms with van der Waals surface area (Å²) in [5, 5.41) is 9.75. The first-order valence-electron chi connectivity index (χ1n) is 12.5. The van der Waals surface area contributed by atoms with Crippen LogP contribution >= 0.6 is 0 Å². The lowest BCUT2D eigenvalue weighted by Gasteiger charge is -2.38. The summed E-state index contributed by atoms with van der Waals surface area (Å²) in [6.45, 7) is 5.36. The lowest BCUT2D eigenvalue weighted by molar-refractivity contribution is 0.0341. The largest absolute Gasteiger partial charge is 0.488 e. The van der Waals surface area contributed by atoms with Crippen molar-refractivity contribution in [1.29, 1.82) is 0 Å². The highest BCUT2D eigenvalue weighted by Gasteiger charge is 2.34. The maximum absolute atomic E-state index is 13.6. The number of aliphatic hydroxyl groups excluding tert-OH is 1. The van der Waals surface area contributed by atoms with Gasteiger partial charge in [0.1, 0.15) is 11.9 Å². The van der Waals surface area contributed by atoms with E-state index in [9.17, 15) is 18.3 Å². The van der Waals surface area contributed by atoms with Gasteiger partial charge in [-0.1, -0.05) is 37.3 Å². The molecule has 2 aromatic carbocycles. The topological polar surface area (TPSA) is 117 Å². The van der Waals surface area contributed by atoms with E-state index in [-0.39, 0.29) is 40.8 Å². The molecule has 2 heterocycles. The molecule has 38 heavy (non-hydrogen) atoms. The summed E-state index contributed by atoms with van der Waals surface area (Å²) in [6, 6.07) is 14.4. The van der Waals surface area contributed by atoms with Crippen LogP contribution in [0.1, 0.15) is 29.8 Å². The Balaban J connectivity index is 1.63. The minimum absolute atomic E-state index is 0.0262. The van der Waals surface area contributed by atoms with Crippen LogP contribution in [0.2, 0.25) is 0 Å². The fourth-order valence-corrected chi connectivity index (χ4v) is 5.54. The highest BCUT2D eigenvalue weighted by atomic mass is 32.2. The standard InChI is InChI=1S/C27H35N5O5S/c1-19-13-32(20(2)17-33)27(34)23-12-22(29-38(35,36)26-16-31(4)18-28-26)10-11-24(23)37-25(19)15-30(3)14-21-8-6-5-7-9-21/h5-12,16,18-20,25,29,33H,13-15,17H2,1-4H3/t19-,20-,25+/m0/s1. The number of likely N-dealkylation sites (N-methyl/N-ethyl adjacent to an activating group) is 1. The third kappa shape index (κ3) is 6.35. The number of sulfonamides is 1. The van der Waals surface area contributed by atoms with Crippen molar-refractivity contribution >= 4 is 21.6 Å². The van der Waals surface area contributed by atoms with Gasteiger partial charge in [0.2, 0.25) is 0 Å². The van der Waals surface area contributed by atoms with Crippen LogP contribution in [0.15, 0.2) is 66.1 Å². The number of aliphatic hydroxyl groups is 1. The molecule has 2 N–H and O–H groups in total. The highest BCUT2D eigenvalue weighted by molar-refractivity contribution is 7.92. The zero-order valence-corrected chi connectivity index (χ0v) is 22.9. The summed E-state index contributed by atoms with van der Waals surface area (Å²) >= 11 is 0. The Morgan fingerprint density at radius 2 is 1.97 bits per heavy atom. The van der Waals surface area contributed by atoms with Crippen molar-refractivity contribution in [1.82, 2.24) is 19.4 Å². The first-order chi connectivity index (χ1) is 18.1. The SMILES string of the molecule is C[C@H]1CN([C@@H](C)CO)C(=O)c2cc(NS(=O)(=O)c3cn(C)cn3)ccc2O[C@@H]1CN(C)Cc1ccccc1. The van der Waals surface area contributed by atoms with Crippen LogP contribution in [-0.4, -0.2) is 77.7 Å². The summed E-state index contributed by atoms with van der Waals surface area (Å²) in [5.41, 5.74) is 1.63. The summed E-state index contributed by atoms with van der Waals surface area (Å²) in [5.74, 6) is 0.0145. The summed E-state index contributed by atoms with van der Waals surface area (Å²) < 4.78 is 36.1. The number of amides is 1. The first-order valence-corrected chi connectivity index (χ1v) is 14.0. The number of nitrogens with zero attached hydrogens (tertiary/aromatic N) is 4. The number of carbonyl (C=O) groups is 1. The lowest BCUT2D eigenvalue weighted by atomic mass is 9.99. The molecule has 3 aromatic rings. The minimum Gasteiger partial charge on any atom is -0.488 e. The van der Waals surface area contributed by atoms with Gasteiger partial charge >= 0.3 is 0 Å². The molecule has 11 heteroatoms. The number of aryl methyl sites for hydroxylation is 1. The Bertz CT molecular complexity index is 1360. The van der Waals surface area contributed by atoms with Gasteiger partial charge in [-0.3, -0.25) is 14.4 Å². The van der Waals surface area contributed by atoms with E-state index < -0.39 is 16.1 Å². The maximum atomic E-state index is 13.6. The Morgan fingerprint density at radius 3 is 2.63 bits per heavy atom. The van der Waals surface area contributed by atoms with E-state index >= 15 is 0 Å². The van der Waals surface area contributed by atoms with Gasteiger partial charge in [-0.25, -0.2) is 4.98 Å². The molecule has 0 bridgehead atoms. The molecule has 3 atom stereocenters. The molecule has 0 spiro atoms. The Morgan fingerprint density at radius 1 is 1.24 bits per heavy atom. The second kappa shape index (κ2) is 11.5. The number of carbonyl (C=O) groups excluding carboxylic acids is 1. The average molecular weight is 542 g/mol. The van der Waals surface area contributed by atoms with Crippen molar-refractivity contribution in [3.8, 4) is 5.75 Å². The van der Waals surface area contributed by atoms with Crippen LogP contribution in [-0.2, 0) is 23.6 Å². The number of anilines is 1. The van der Waals surface area contributed by atoms with Crippen molar-refractivity contribution in [3.63, 3.8) is 0 Å². The predicted octanol–water partition coefficient (Wildman–Crippen LogP) is 2.57. The van der Waals surface area contributed by atoms with Gasteiger partial charge in [-0.15, -0.1) is 0 Å². The molecule has 4 rings (SSSR count). The Hall–Kier alpha value is -3.41. The molecule has 1 aromatic heterocycles. The van der Waals surface area contributed by atoms with E-state index in [1.54, 1.807) is 31.0 Å². The number of rotatable bonds is 9. The third-order valence-electron chi connectivity index (χ3n) is 6.66. The van der Waals surface area contributed by atoms with E-state index in [2.05, 4.69) is 26.7 Å². The quantitative estimate of drug-likeness (QED) is 0.428. The van der Waals surface area contributed by atoms with Crippen LogP contribution in [0.5, 0.6) is 5.75 Å². The Labute approximate surface area is 223 Å². The predicted molar refractivity (Wildman–Crippen MR) is 144 cm³/mol. The second-order valence-corrected chi connectivity index (χ2v) is 11.6. The van der Waals surface area contributed by atoms with Gasteiger partial charge in [0.15, 0.2) is 5.03 Å². The minimum atomic E-state index is -3.95. The zero-order valence-electron chi connectivity index (χ0n) is 22.1. The van der Waals surface area contributed by atoms with Crippen molar-refractivity contribution in [2.24, 2.45) is 13.0 Å². The van der Waals surface area contributed by atoms with Gasteiger partial charge in [0.05, 0.1) is 24.5 Å². The maximum Gasteiger partial charge on any atom is 0.280 e. The Kier molecular flexibility index (Phi) is 8.39. The van der Waals surface area contributed by atoms with E-state index in [1.165, 1.54) is 28.7 Å². The number of hydrogen-bond acceptors (Lipinski definition) is 7. The van der Waals surface area contributed by atoms with Crippen molar-refractivity contribution < 1.29 is 23.1 Å². The summed E-state index contributed by atoms with van der Waals surface area (Å²) in [4.78, 5) is 21.4. The molecular weight excluding hydrogens is 506 g/mol. The van der Waals surface area contributed by atoms with E-state index in [4.69, 9.17) is 4.74 Å². The van der Waals surface area contributed by atoms with Crippen LogP contribution in [0.3, 0.4) is 0 Å². The molecule has 1 amide bonds. The lowest BCUT2D eigenvalue weighted by Crippen LogP contribution is -2.49. The number of aromatic nitrogens is 2. The highest BCUT2D eigenvalue weighted by Crippen LogP contribution is 2.31. The molecule has 204 valence electrons. The van der Waals surface area contributed by atoms with Crippen LogP contribution in [0.4, 0.5) is 5.69 Å². The van der Waals surface area contributed by atoms with Gasteiger partial charge in [-0.05, 0) is 37.7 Å². The van der Waals surface area contributed by atoms with Crippen LogP contribution in [0.25, 0.3) is 0 Å². The average Bonchev–Trinajstić information content (AvgIpc) is 3.34. The molecule has 1 aliphatic rings. The van der Waals surface area contributed by atoms with Crippen LogP contribution < -0.4 is 9.46 Å². The number of hydrogen-bond donors (Lipinski definition) is 2.